The Balaban J connectivity index is 2.09. The van der Waals surface area contributed by atoms with Crippen LogP contribution in [0, 0.1) is 0 Å². The zero-order valence-corrected chi connectivity index (χ0v) is 15.2. The number of hydrogen-bond donors (Lipinski definition) is 1. The molecule has 0 heterocycles. The Morgan fingerprint density at radius 2 is 1.75 bits per heavy atom. The maximum absolute atomic E-state index is 12.3. The van der Waals surface area contributed by atoms with Crippen molar-refractivity contribution in [2.24, 2.45) is 0 Å². The van der Waals surface area contributed by atoms with E-state index < -0.39 is 9.84 Å². The van der Waals surface area contributed by atoms with E-state index >= 15 is 0 Å². The Hall–Kier alpha value is -1.85. The fraction of sp³-hybridized carbons (Fsp3) is 0.278. The van der Waals surface area contributed by atoms with E-state index in [4.69, 9.17) is 11.6 Å². The first kappa shape index (κ1) is 18.5. The van der Waals surface area contributed by atoms with E-state index in [1.165, 1.54) is 6.26 Å². The van der Waals surface area contributed by atoms with Crippen molar-refractivity contribution >= 4 is 27.3 Å². The Labute approximate surface area is 147 Å². The van der Waals surface area contributed by atoms with Crippen LogP contribution in [0.3, 0.4) is 0 Å². The molecule has 1 N–H and O–H groups in total. The van der Waals surface area contributed by atoms with Crippen molar-refractivity contribution in [3.05, 3.63) is 64.7 Å². The first-order chi connectivity index (χ1) is 11.3. The normalized spacial score (nSPS) is 12.6. The molecular formula is C18H20ClNO3S. The number of sulfone groups is 1. The minimum atomic E-state index is -3.22. The van der Waals surface area contributed by atoms with Gasteiger partial charge in [-0.3, -0.25) is 4.79 Å². The lowest BCUT2D eigenvalue weighted by atomic mass is 10.0. The van der Waals surface area contributed by atoms with Crippen LogP contribution in [0.25, 0.3) is 0 Å². The molecule has 0 aliphatic heterocycles. The molecule has 0 saturated carbocycles. The smallest absolute Gasteiger partial charge is 0.224 e. The molecule has 0 aliphatic rings. The molecular weight excluding hydrogens is 346 g/mol. The molecule has 2 aromatic rings. The van der Waals surface area contributed by atoms with Crippen molar-refractivity contribution in [2.45, 2.75) is 30.7 Å². The van der Waals surface area contributed by atoms with Gasteiger partial charge in [0, 0.05) is 11.3 Å². The van der Waals surface area contributed by atoms with Crippen molar-refractivity contribution in [1.29, 1.82) is 0 Å². The molecule has 0 aliphatic carbocycles. The summed E-state index contributed by atoms with van der Waals surface area (Å²) in [5.74, 6) is -0.123. The molecule has 2 aromatic carbocycles. The van der Waals surface area contributed by atoms with Gasteiger partial charge in [-0.05, 0) is 35.7 Å². The summed E-state index contributed by atoms with van der Waals surface area (Å²) in [5.41, 5.74) is 1.65. The first-order valence-corrected chi connectivity index (χ1v) is 9.91. The van der Waals surface area contributed by atoms with Gasteiger partial charge in [0.2, 0.25) is 5.91 Å². The molecule has 4 nitrogen and oxygen atoms in total. The van der Waals surface area contributed by atoms with E-state index in [1.807, 2.05) is 25.1 Å². The number of halogens is 1. The van der Waals surface area contributed by atoms with Crippen LogP contribution in [0.2, 0.25) is 5.02 Å². The summed E-state index contributed by atoms with van der Waals surface area (Å²) in [6.07, 6.45) is 2.08. The average molecular weight is 366 g/mol. The van der Waals surface area contributed by atoms with Gasteiger partial charge >= 0.3 is 0 Å². The van der Waals surface area contributed by atoms with Crippen LogP contribution in [0.5, 0.6) is 0 Å². The topological polar surface area (TPSA) is 63.2 Å². The van der Waals surface area contributed by atoms with Gasteiger partial charge in [-0.15, -0.1) is 0 Å². The van der Waals surface area contributed by atoms with Crippen LogP contribution in [-0.4, -0.2) is 20.6 Å². The van der Waals surface area contributed by atoms with Crippen LogP contribution >= 0.6 is 11.6 Å². The Kier molecular flexibility index (Phi) is 6.02. The van der Waals surface area contributed by atoms with E-state index in [0.717, 1.165) is 11.1 Å². The van der Waals surface area contributed by atoms with E-state index in [2.05, 4.69) is 5.32 Å². The van der Waals surface area contributed by atoms with E-state index in [1.54, 1.807) is 30.3 Å². The molecule has 1 atom stereocenters. The van der Waals surface area contributed by atoms with Gasteiger partial charge < -0.3 is 5.32 Å². The predicted molar refractivity (Wildman–Crippen MR) is 95.9 cm³/mol. The third-order valence-corrected chi connectivity index (χ3v) is 5.26. The summed E-state index contributed by atoms with van der Waals surface area (Å²) in [6, 6.07) is 13.7. The lowest BCUT2D eigenvalue weighted by molar-refractivity contribution is -0.121. The average Bonchev–Trinajstić information content (AvgIpc) is 2.54. The molecule has 24 heavy (non-hydrogen) atoms. The highest BCUT2D eigenvalue weighted by atomic mass is 35.5. The van der Waals surface area contributed by atoms with Gasteiger partial charge in [0.25, 0.3) is 0 Å². The number of hydrogen-bond acceptors (Lipinski definition) is 3. The molecule has 0 spiro atoms. The molecule has 128 valence electrons. The lowest BCUT2D eigenvalue weighted by Crippen LogP contribution is -2.29. The Morgan fingerprint density at radius 1 is 1.12 bits per heavy atom. The summed E-state index contributed by atoms with van der Waals surface area (Å²) in [6.45, 7) is 1.96. The van der Waals surface area contributed by atoms with Gasteiger partial charge in [-0.2, -0.15) is 0 Å². The summed E-state index contributed by atoms with van der Waals surface area (Å²) >= 11 is 6.08. The highest BCUT2D eigenvalue weighted by molar-refractivity contribution is 7.90. The van der Waals surface area contributed by atoms with Gasteiger partial charge in [-0.25, -0.2) is 8.42 Å². The van der Waals surface area contributed by atoms with Crippen LogP contribution in [-0.2, 0) is 21.1 Å². The number of nitrogens with one attached hydrogen (secondary N) is 1. The number of carbonyl (C=O) groups excluding carboxylic acids is 1. The molecule has 1 amide bonds. The third-order valence-electron chi connectivity index (χ3n) is 3.76. The first-order valence-electron chi connectivity index (χ1n) is 7.64. The molecule has 0 aromatic heterocycles. The van der Waals surface area contributed by atoms with Crippen molar-refractivity contribution in [1.82, 2.24) is 5.32 Å². The summed E-state index contributed by atoms with van der Waals surface area (Å²) < 4.78 is 23.0. The summed E-state index contributed by atoms with van der Waals surface area (Å²) in [7, 11) is -3.22. The van der Waals surface area contributed by atoms with E-state index in [0.29, 0.717) is 11.4 Å². The highest BCUT2D eigenvalue weighted by Crippen LogP contribution is 2.20. The Bertz CT molecular complexity index is 816. The minimum absolute atomic E-state index is 0.123. The number of carbonyl (C=O) groups is 1. The zero-order valence-electron chi connectivity index (χ0n) is 13.6. The maximum Gasteiger partial charge on any atom is 0.224 e. The molecule has 0 radical (unpaired) electrons. The molecule has 0 saturated heterocycles. The van der Waals surface area contributed by atoms with Crippen molar-refractivity contribution in [2.75, 3.05) is 6.26 Å². The second kappa shape index (κ2) is 7.81. The fourth-order valence-electron chi connectivity index (χ4n) is 2.43. The third kappa shape index (κ3) is 4.82. The van der Waals surface area contributed by atoms with E-state index in [-0.39, 0.29) is 23.3 Å². The quantitative estimate of drug-likeness (QED) is 0.851. The number of benzene rings is 2. The van der Waals surface area contributed by atoms with Gasteiger partial charge in [0.05, 0.1) is 17.4 Å². The second-order valence-electron chi connectivity index (χ2n) is 5.64. The van der Waals surface area contributed by atoms with Gasteiger partial charge in [-0.1, -0.05) is 48.9 Å². The fourth-order valence-corrected chi connectivity index (χ4v) is 3.26. The zero-order chi connectivity index (χ0) is 17.7. The minimum Gasteiger partial charge on any atom is -0.349 e. The maximum atomic E-state index is 12.3. The number of amides is 1. The Morgan fingerprint density at radius 3 is 2.29 bits per heavy atom. The van der Waals surface area contributed by atoms with Crippen molar-refractivity contribution < 1.29 is 13.2 Å². The summed E-state index contributed by atoms with van der Waals surface area (Å²) in [4.78, 5) is 12.5. The largest absolute Gasteiger partial charge is 0.349 e. The SMILES string of the molecule is CC[C@@H](NC(=O)Cc1ccccc1Cl)c1ccc(S(C)(=O)=O)cc1. The molecule has 0 unspecified atom stereocenters. The molecule has 6 heteroatoms. The predicted octanol–water partition coefficient (Wildman–Crippen LogP) is 3.55. The van der Waals surface area contributed by atoms with Crippen molar-refractivity contribution in [3.63, 3.8) is 0 Å². The van der Waals surface area contributed by atoms with Gasteiger partial charge in [0.1, 0.15) is 0 Å². The lowest BCUT2D eigenvalue weighted by Gasteiger charge is -2.18. The van der Waals surface area contributed by atoms with Crippen LogP contribution in [0.15, 0.2) is 53.4 Å². The monoisotopic (exact) mass is 365 g/mol. The standard InChI is InChI=1S/C18H20ClNO3S/c1-3-17(13-8-10-15(11-9-13)24(2,22)23)20-18(21)12-14-6-4-5-7-16(14)19/h4-11,17H,3,12H2,1-2H3,(H,20,21)/t17-/m1/s1. The molecule has 2 rings (SSSR count). The molecule has 0 bridgehead atoms. The van der Waals surface area contributed by atoms with Crippen LogP contribution < -0.4 is 5.32 Å². The van der Waals surface area contributed by atoms with E-state index in [9.17, 15) is 13.2 Å². The van der Waals surface area contributed by atoms with Crippen LogP contribution in [0.1, 0.15) is 30.5 Å². The second-order valence-corrected chi connectivity index (χ2v) is 8.06. The molecule has 0 fully saturated rings. The number of rotatable bonds is 6. The van der Waals surface area contributed by atoms with Crippen LogP contribution in [0.4, 0.5) is 0 Å². The highest BCUT2D eigenvalue weighted by Gasteiger charge is 2.15. The van der Waals surface area contributed by atoms with Crippen molar-refractivity contribution in [3.8, 4) is 0 Å². The van der Waals surface area contributed by atoms with Gasteiger partial charge in [0.15, 0.2) is 9.84 Å². The summed E-state index contributed by atoms with van der Waals surface area (Å²) in [5, 5.41) is 3.54.